The number of carbonyl (C=O) groups excluding carboxylic acids is 2. The Balaban J connectivity index is 1.25. The first-order valence-electron chi connectivity index (χ1n) is 13.4. The Bertz CT molecular complexity index is 1570. The van der Waals surface area contributed by atoms with E-state index in [0.717, 1.165) is 20.7 Å². The molecule has 0 aliphatic heterocycles. The van der Waals surface area contributed by atoms with Crippen LogP contribution in [0.1, 0.15) is 47.3 Å². The second-order valence-corrected chi connectivity index (χ2v) is 12.5. The molecule has 10 nitrogen and oxygen atoms in total. The molecule has 4 aromatic rings. The van der Waals surface area contributed by atoms with Crippen molar-refractivity contribution >= 4 is 57.1 Å². The molecule has 0 aliphatic carbocycles. The maximum atomic E-state index is 12.4. The van der Waals surface area contributed by atoms with E-state index in [1.165, 1.54) is 11.8 Å². The van der Waals surface area contributed by atoms with Crippen molar-refractivity contribution in [1.29, 1.82) is 0 Å². The number of methoxy groups -OCH3 is 1. The molecule has 0 fully saturated rings. The highest BCUT2D eigenvalue weighted by atomic mass is 127. The largest absolute Gasteiger partial charge is 0.493 e. The number of hydrogen-bond acceptors (Lipinski definition) is 9. The molecular formula is C31H32IN5O5S. The highest BCUT2D eigenvalue weighted by Crippen LogP contribution is 2.33. The average molecular weight is 714 g/mol. The van der Waals surface area contributed by atoms with Gasteiger partial charge in [-0.05, 0) is 75.5 Å². The first kappa shape index (κ1) is 31.9. The molecule has 0 saturated heterocycles. The smallest absolute Gasteiger partial charge is 0.257 e. The van der Waals surface area contributed by atoms with Gasteiger partial charge in [0, 0.05) is 5.56 Å². The van der Waals surface area contributed by atoms with E-state index < -0.39 is 0 Å². The van der Waals surface area contributed by atoms with Gasteiger partial charge in [0.05, 0.1) is 23.3 Å². The Morgan fingerprint density at radius 1 is 1.00 bits per heavy atom. The highest BCUT2D eigenvalue weighted by Gasteiger charge is 2.15. The lowest BCUT2D eigenvalue weighted by Crippen LogP contribution is -2.19. The Morgan fingerprint density at radius 2 is 1.72 bits per heavy atom. The quantitative estimate of drug-likeness (QED) is 0.0818. The van der Waals surface area contributed by atoms with E-state index in [1.807, 2.05) is 24.3 Å². The molecule has 12 heteroatoms. The first-order chi connectivity index (χ1) is 20.6. The lowest BCUT2D eigenvalue weighted by Gasteiger charge is -2.19. The molecule has 0 aliphatic rings. The minimum Gasteiger partial charge on any atom is -0.493 e. The van der Waals surface area contributed by atoms with Crippen molar-refractivity contribution in [2.24, 2.45) is 5.10 Å². The van der Waals surface area contributed by atoms with E-state index in [9.17, 15) is 9.59 Å². The van der Waals surface area contributed by atoms with Crippen LogP contribution in [-0.4, -0.2) is 48.5 Å². The average Bonchev–Trinajstić information content (AvgIpc) is 3.42. The fourth-order valence-corrected chi connectivity index (χ4v) is 5.31. The Hall–Kier alpha value is -4.04. The van der Waals surface area contributed by atoms with E-state index in [4.69, 9.17) is 14.2 Å². The van der Waals surface area contributed by atoms with Gasteiger partial charge in [-0.1, -0.05) is 62.4 Å². The number of halogens is 1. The van der Waals surface area contributed by atoms with Crippen LogP contribution in [0.25, 0.3) is 0 Å². The molecule has 2 amide bonds. The van der Waals surface area contributed by atoms with Crippen LogP contribution in [0.2, 0.25) is 0 Å². The van der Waals surface area contributed by atoms with Gasteiger partial charge < -0.3 is 14.2 Å². The van der Waals surface area contributed by atoms with Gasteiger partial charge in [0.15, 0.2) is 11.5 Å². The zero-order chi connectivity index (χ0) is 30.8. The topological polar surface area (TPSA) is 124 Å². The number of nitrogens with zero attached hydrogens (tertiary/aromatic N) is 3. The number of ether oxygens (including phenoxy) is 3. The van der Waals surface area contributed by atoms with Gasteiger partial charge in [-0.25, -0.2) is 5.43 Å². The SMILES string of the molecule is COc1cc(/C=N/NC(=O)Cc2nnc(NC(=O)c3ccccc3)s2)cc(I)c1OCCOc1ccc(C(C)(C)C)cc1. The molecule has 0 atom stereocenters. The maximum absolute atomic E-state index is 12.4. The van der Waals surface area contributed by atoms with Crippen LogP contribution in [-0.2, 0) is 16.6 Å². The molecule has 1 heterocycles. The van der Waals surface area contributed by atoms with Gasteiger partial charge in [0.2, 0.25) is 11.0 Å². The first-order valence-corrected chi connectivity index (χ1v) is 15.3. The number of rotatable bonds is 12. The third kappa shape index (κ3) is 9.48. The summed E-state index contributed by atoms with van der Waals surface area (Å²) in [6.07, 6.45) is 1.48. The molecule has 2 N–H and O–H groups in total. The van der Waals surface area contributed by atoms with Crippen molar-refractivity contribution in [2.75, 3.05) is 25.6 Å². The molecule has 1 aromatic heterocycles. The monoisotopic (exact) mass is 713 g/mol. The van der Waals surface area contributed by atoms with E-state index >= 15 is 0 Å². The summed E-state index contributed by atoms with van der Waals surface area (Å²) >= 11 is 3.29. The summed E-state index contributed by atoms with van der Waals surface area (Å²) in [5.74, 6) is 1.25. The van der Waals surface area contributed by atoms with Gasteiger partial charge in [-0.3, -0.25) is 14.9 Å². The number of benzene rings is 3. The number of nitrogens with one attached hydrogen (secondary N) is 2. The van der Waals surface area contributed by atoms with Crippen molar-refractivity contribution in [3.8, 4) is 17.2 Å². The molecule has 0 bridgehead atoms. The number of hydrogen-bond donors (Lipinski definition) is 2. The zero-order valence-electron chi connectivity index (χ0n) is 24.2. The van der Waals surface area contributed by atoms with Crippen LogP contribution in [0, 0.1) is 3.57 Å². The van der Waals surface area contributed by atoms with Gasteiger partial charge >= 0.3 is 0 Å². The van der Waals surface area contributed by atoms with Gasteiger partial charge in [-0.2, -0.15) is 5.10 Å². The molecule has 0 unspecified atom stereocenters. The Kier molecular flexibility index (Phi) is 11.1. The predicted molar refractivity (Wildman–Crippen MR) is 176 cm³/mol. The van der Waals surface area contributed by atoms with Crippen molar-refractivity contribution in [3.05, 3.63) is 92.0 Å². The fraction of sp³-hybridized carbons (Fsp3) is 0.258. The van der Waals surface area contributed by atoms with Crippen molar-refractivity contribution < 1.29 is 23.8 Å². The van der Waals surface area contributed by atoms with Crippen molar-refractivity contribution in [2.45, 2.75) is 32.6 Å². The van der Waals surface area contributed by atoms with Crippen LogP contribution in [0.15, 0.2) is 71.8 Å². The number of aromatic nitrogens is 2. The second kappa shape index (κ2) is 14.9. The molecule has 4 rings (SSSR count). The third-order valence-corrected chi connectivity index (χ3v) is 7.65. The molecule has 224 valence electrons. The normalized spacial score (nSPS) is 11.3. The Morgan fingerprint density at radius 3 is 2.42 bits per heavy atom. The molecule has 0 spiro atoms. The number of carbonyl (C=O) groups is 2. The standard InChI is InChI=1S/C31H32IN5O5S/c1-31(2,3)22-10-12-23(13-11-22)41-14-15-42-28-24(32)16-20(17-25(28)40-4)19-33-35-26(38)18-27-36-37-30(43-27)34-29(39)21-8-6-5-7-9-21/h5-13,16-17,19H,14-15,18H2,1-4H3,(H,35,38)(H,34,37,39)/b33-19+. The lowest BCUT2D eigenvalue weighted by atomic mass is 9.87. The number of amides is 2. The molecular weight excluding hydrogens is 681 g/mol. The van der Waals surface area contributed by atoms with E-state index in [-0.39, 0.29) is 23.7 Å². The predicted octanol–water partition coefficient (Wildman–Crippen LogP) is 5.85. The van der Waals surface area contributed by atoms with Crippen LogP contribution >= 0.6 is 33.9 Å². The highest BCUT2D eigenvalue weighted by molar-refractivity contribution is 14.1. The molecule has 43 heavy (non-hydrogen) atoms. The van der Waals surface area contributed by atoms with E-state index in [0.29, 0.717) is 46.0 Å². The molecule has 0 radical (unpaired) electrons. The summed E-state index contributed by atoms with van der Waals surface area (Å²) in [4.78, 5) is 24.7. The van der Waals surface area contributed by atoms with Crippen LogP contribution in [0.4, 0.5) is 5.13 Å². The Labute approximate surface area is 268 Å². The third-order valence-electron chi connectivity index (χ3n) is 6.01. The minimum atomic E-state index is -0.372. The summed E-state index contributed by atoms with van der Waals surface area (Å²) in [7, 11) is 1.56. The zero-order valence-corrected chi connectivity index (χ0v) is 27.2. The molecule has 0 saturated carbocycles. The van der Waals surface area contributed by atoms with Crippen LogP contribution < -0.4 is 25.0 Å². The summed E-state index contributed by atoms with van der Waals surface area (Å²) < 4.78 is 18.1. The number of anilines is 1. The van der Waals surface area contributed by atoms with Crippen LogP contribution in [0.5, 0.6) is 17.2 Å². The summed E-state index contributed by atoms with van der Waals surface area (Å²) in [6.45, 7) is 7.23. The van der Waals surface area contributed by atoms with Crippen LogP contribution in [0.3, 0.4) is 0 Å². The second-order valence-electron chi connectivity index (χ2n) is 10.3. The lowest BCUT2D eigenvalue weighted by molar-refractivity contribution is -0.120. The van der Waals surface area contributed by atoms with E-state index in [2.05, 4.69) is 81.5 Å². The fourth-order valence-electron chi connectivity index (χ4n) is 3.80. The summed E-state index contributed by atoms with van der Waals surface area (Å²) in [5.41, 5.74) is 5.04. The van der Waals surface area contributed by atoms with Crippen molar-refractivity contribution in [1.82, 2.24) is 15.6 Å². The number of hydrazone groups is 1. The van der Waals surface area contributed by atoms with Gasteiger partial charge in [-0.15, -0.1) is 10.2 Å². The van der Waals surface area contributed by atoms with E-state index in [1.54, 1.807) is 37.4 Å². The van der Waals surface area contributed by atoms with Gasteiger partial charge in [0.1, 0.15) is 24.0 Å². The maximum Gasteiger partial charge on any atom is 0.257 e. The summed E-state index contributed by atoms with van der Waals surface area (Å²) in [6, 6.07) is 20.5. The van der Waals surface area contributed by atoms with Gasteiger partial charge in [0.25, 0.3) is 5.91 Å². The summed E-state index contributed by atoms with van der Waals surface area (Å²) in [5, 5.41) is 15.4. The molecule has 3 aromatic carbocycles. The van der Waals surface area contributed by atoms with Crippen molar-refractivity contribution in [3.63, 3.8) is 0 Å². The minimum absolute atomic E-state index is 0.0351.